The van der Waals surface area contributed by atoms with E-state index < -0.39 is 0 Å². The summed E-state index contributed by atoms with van der Waals surface area (Å²) in [4.78, 5) is 12.0. The van der Waals surface area contributed by atoms with Gasteiger partial charge in [-0.25, -0.2) is 0 Å². The molecule has 0 amide bonds. The molecule has 1 saturated carbocycles. The Morgan fingerprint density at radius 3 is 2.83 bits per heavy atom. The molecule has 2 aliphatic carbocycles. The van der Waals surface area contributed by atoms with Crippen molar-refractivity contribution in [3.05, 3.63) is 24.3 Å². The molecule has 1 nitrogen and oxygen atoms in total. The quantitative estimate of drug-likeness (QED) is 0.200. The highest BCUT2D eigenvalue weighted by Crippen LogP contribution is 2.53. The Morgan fingerprint density at radius 1 is 1.48 bits per heavy atom. The maximum atomic E-state index is 12.0. The van der Waals surface area contributed by atoms with E-state index >= 15 is 0 Å². The second-order valence-corrected chi connectivity index (χ2v) is 11.5. The van der Waals surface area contributed by atoms with E-state index in [0.29, 0.717) is 8.84 Å². The summed E-state index contributed by atoms with van der Waals surface area (Å²) in [6.07, 6.45) is 14.0. The maximum absolute atomic E-state index is 12.0. The fourth-order valence-electron chi connectivity index (χ4n) is 4.67. The van der Waals surface area contributed by atoms with Crippen molar-refractivity contribution in [1.82, 2.24) is 0 Å². The Kier molecular flexibility index (Phi) is 5.86. The number of carbonyl (C=O) groups is 1. The van der Waals surface area contributed by atoms with E-state index in [0.717, 1.165) is 18.8 Å². The lowest BCUT2D eigenvalue weighted by atomic mass is 9.60. The third-order valence-corrected chi connectivity index (χ3v) is 7.10. The summed E-state index contributed by atoms with van der Waals surface area (Å²) in [6, 6.07) is 0. The number of hydrogen-bond donors (Lipinski definition) is 0. The molecule has 0 bridgehead atoms. The molecular weight excluding hydrogens is 395 g/mol. The SMILES string of the molecule is C=CC(=O)C(C)(C)CCC[C@]1(C)CCCC2C[C@@](C)(I)CC=C21. The molecule has 1 unspecified atom stereocenters. The molecular formula is C21H33IO. The van der Waals surface area contributed by atoms with E-state index in [-0.39, 0.29) is 11.2 Å². The van der Waals surface area contributed by atoms with Gasteiger partial charge in [0.1, 0.15) is 0 Å². The molecule has 0 spiro atoms. The van der Waals surface area contributed by atoms with Crippen molar-refractivity contribution in [2.45, 2.75) is 82.5 Å². The van der Waals surface area contributed by atoms with Gasteiger partial charge in [-0.2, -0.15) is 0 Å². The molecule has 0 aromatic carbocycles. The number of hydrogen-bond acceptors (Lipinski definition) is 1. The van der Waals surface area contributed by atoms with E-state index in [4.69, 9.17) is 0 Å². The first-order valence-electron chi connectivity index (χ1n) is 9.16. The third-order valence-electron chi connectivity index (χ3n) is 6.22. The van der Waals surface area contributed by atoms with E-state index in [2.05, 4.69) is 62.9 Å². The molecule has 0 heterocycles. The van der Waals surface area contributed by atoms with Crippen LogP contribution in [0.25, 0.3) is 0 Å². The lowest BCUT2D eigenvalue weighted by Crippen LogP contribution is -2.36. The molecule has 1 fully saturated rings. The topological polar surface area (TPSA) is 17.1 Å². The number of fused-ring (bicyclic) bond motifs is 1. The lowest BCUT2D eigenvalue weighted by molar-refractivity contribution is -0.122. The minimum atomic E-state index is -0.256. The summed E-state index contributed by atoms with van der Waals surface area (Å²) in [6.45, 7) is 12.6. The number of halogens is 1. The highest BCUT2D eigenvalue weighted by Gasteiger charge is 2.41. The second kappa shape index (κ2) is 7.01. The Morgan fingerprint density at radius 2 is 2.17 bits per heavy atom. The first-order chi connectivity index (χ1) is 10.6. The zero-order chi connectivity index (χ0) is 17.3. The van der Waals surface area contributed by atoms with Gasteiger partial charge >= 0.3 is 0 Å². The average molecular weight is 428 g/mol. The van der Waals surface area contributed by atoms with Crippen LogP contribution in [0.3, 0.4) is 0 Å². The minimum Gasteiger partial charge on any atom is -0.294 e. The molecule has 3 atom stereocenters. The van der Waals surface area contributed by atoms with Gasteiger partial charge in [0.2, 0.25) is 0 Å². The van der Waals surface area contributed by atoms with Crippen LogP contribution in [0.5, 0.6) is 0 Å². The minimum absolute atomic E-state index is 0.182. The maximum Gasteiger partial charge on any atom is 0.160 e. The Bertz CT molecular complexity index is 500. The Labute approximate surface area is 156 Å². The van der Waals surface area contributed by atoms with Crippen LogP contribution in [-0.2, 0) is 4.79 Å². The molecule has 0 aromatic heterocycles. The van der Waals surface area contributed by atoms with Crippen LogP contribution in [0.15, 0.2) is 24.3 Å². The van der Waals surface area contributed by atoms with Crippen LogP contribution in [0.1, 0.15) is 79.1 Å². The summed E-state index contributed by atoms with van der Waals surface area (Å²) in [7, 11) is 0. The highest BCUT2D eigenvalue weighted by molar-refractivity contribution is 14.1. The molecule has 0 saturated heterocycles. The van der Waals surface area contributed by atoms with E-state index in [1.165, 1.54) is 44.6 Å². The Balaban J connectivity index is 2.02. The third kappa shape index (κ3) is 4.49. The van der Waals surface area contributed by atoms with Gasteiger partial charge in [0, 0.05) is 8.84 Å². The van der Waals surface area contributed by atoms with Gasteiger partial charge in [0.25, 0.3) is 0 Å². The van der Waals surface area contributed by atoms with Gasteiger partial charge in [0.05, 0.1) is 0 Å². The summed E-state index contributed by atoms with van der Waals surface area (Å²) in [5, 5.41) is 0. The van der Waals surface area contributed by atoms with Crippen LogP contribution in [0.4, 0.5) is 0 Å². The van der Waals surface area contributed by atoms with Crippen molar-refractivity contribution < 1.29 is 4.79 Å². The monoisotopic (exact) mass is 428 g/mol. The van der Waals surface area contributed by atoms with Crippen molar-refractivity contribution in [1.29, 1.82) is 0 Å². The van der Waals surface area contributed by atoms with Crippen molar-refractivity contribution in [2.75, 3.05) is 0 Å². The van der Waals surface area contributed by atoms with Crippen LogP contribution in [0, 0.1) is 16.7 Å². The van der Waals surface area contributed by atoms with Crippen molar-refractivity contribution >= 4 is 28.4 Å². The van der Waals surface area contributed by atoms with Gasteiger partial charge in [-0.05, 0) is 55.9 Å². The zero-order valence-electron chi connectivity index (χ0n) is 15.4. The molecule has 0 radical (unpaired) electrons. The molecule has 130 valence electrons. The molecule has 2 heteroatoms. The van der Waals surface area contributed by atoms with Gasteiger partial charge in [-0.1, -0.05) is 81.4 Å². The van der Waals surface area contributed by atoms with Crippen LogP contribution < -0.4 is 0 Å². The lowest BCUT2D eigenvalue weighted by Gasteiger charge is -2.47. The molecule has 2 aliphatic rings. The number of ketones is 1. The summed E-state index contributed by atoms with van der Waals surface area (Å²) >= 11 is 2.65. The van der Waals surface area contributed by atoms with E-state index in [1.54, 1.807) is 5.57 Å². The number of carbonyl (C=O) groups excluding carboxylic acids is 1. The van der Waals surface area contributed by atoms with Crippen LogP contribution >= 0.6 is 22.6 Å². The normalized spacial score (nSPS) is 34.5. The molecule has 23 heavy (non-hydrogen) atoms. The van der Waals surface area contributed by atoms with E-state index in [1.807, 2.05) is 0 Å². The summed E-state index contributed by atoms with van der Waals surface area (Å²) < 4.78 is 0.447. The second-order valence-electron chi connectivity index (χ2n) is 8.94. The predicted octanol–water partition coefficient (Wildman–Crippen LogP) is 6.66. The fourth-order valence-corrected chi connectivity index (χ4v) is 5.42. The smallest absolute Gasteiger partial charge is 0.160 e. The van der Waals surface area contributed by atoms with Crippen molar-refractivity contribution in [2.24, 2.45) is 16.7 Å². The van der Waals surface area contributed by atoms with Gasteiger partial charge in [-0.15, -0.1) is 0 Å². The van der Waals surface area contributed by atoms with E-state index in [9.17, 15) is 4.79 Å². The fraction of sp³-hybridized carbons (Fsp3) is 0.762. The predicted molar refractivity (Wildman–Crippen MR) is 108 cm³/mol. The number of allylic oxidation sites excluding steroid dienone is 3. The number of alkyl halides is 1. The van der Waals surface area contributed by atoms with Crippen LogP contribution in [0.2, 0.25) is 0 Å². The standard InChI is InChI=1S/C21H33IO/c1-6-18(23)19(2,3)11-8-13-20(4)12-7-9-16-15-21(5,22)14-10-17(16)20/h6,10,16H,1,7-9,11-15H2,2-5H3/t16?,20-,21-/m0/s1. The van der Waals surface area contributed by atoms with Crippen LogP contribution in [-0.4, -0.2) is 9.20 Å². The Hall–Kier alpha value is -0.120. The first kappa shape index (κ1) is 19.2. The largest absolute Gasteiger partial charge is 0.294 e. The van der Waals surface area contributed by atoms with Gasteiger partial charge < -0.3 is 0 Å². The molecule has 2 rings (SSSR count). The molecule has 0 aliphatic heterocycles. The van der Waals surface area contributed by atoms with Crippen molar-refractivity contribution in [3.63, 3.8) is 0 Å². The first-order valence-corrected chi connectivity index (χ1v) is 10.2. The summed E-state index contributed by atoms with van der Waals surface area (Å²) in [5.41, 5.74) is 1.85. The molecule has 0 aromatic rings. The number of rotatable bonds is 6. The van der Waals surface area contributed by atoms with Gasteiger partial charge in [-0.3, -0.25) is 4.79 Å². The zero-order valence-corrected chi connectivity index (χ0v) is 17.5. The highest BCUT2D eigenvalue weighted by atomic mass is 127. The average Bonchev–Trinajstić information content (AvgIpc) is 2.44. The van der Waals surface area contributed by atoms with Gasteiger partial charge in [0.15, 0.2) is 5.78 Å². The van der Waals surface area contributed by atoms with Crippen molar-refractivity contribution in [3.8, 4) is 0 Å². The summed E-state index contributed by atoms with van der Waals surface area (Å²) in [5.74, 6) is 0.981. The molecule has 0 N–H and O–H groups in total.